The first-order valence-electron chi connectivity index (χ1n) is 8.50. The Kier molecular flexibility index (Phi) is 4.01. The quantitative estimate of drug-likeness (QED) is 0.765. The number of primary amides is 1. The van der Waals surface area contributed by atoms with Crippen LogP contribution < -0.4 is 11.1 Å². The third-order valence-electron chi connectivity index (χ3n) is 4.84. The first-order chi connectivity index (χ1) is 12.7. The molecule has 128 valence electrons. The number of fused-ring (bicyclic) bond motifs is 3. The zero-order valence-corrected chi connectivity index (χ0v) is 14.1. The van der Waals surface area contributed by atoms with Gasteiger partial charge in [0.1, 0.15) is 6.04 Å². The van der Waals surface area contributed by atoms with Gasteiger partial charge >= 0.3 is 0 Å². The average Bonchev–Trinajstić information content (AvgIpc) is 3.01. The second-order valence-electron chi connectivity index (χ2n) is 6.37. The summed E-state index contributed by atoms with van der Waals surface area (Å²) in [7, 11) is 0. The van der Waals surface area contributed by atoms with Gasteiger partial charge in [0, 0.05) is 11.5 Å². The lowest BCUT2D eigenvalue weighted by molar-refractivity contribution is -0.120. The lowest BCUT2D eigenvalue weighted by atomic mass is 9.88. The molecule has 0 heterocycles. The minimum absolute atomic E-state index is 0.299. The fourth-order valence-corrected chi connectivity index (χ4v) is 3.69. The molecule has 0 unspecified atom stereocenters. The van der Waals surface area contributed by atoms with E-state index in [2.05, 4.69) is 5.32 Å². The Hall–Kier alpha value is -3.40. The summed E-state index contributed by atoms with van der Waals surface area (Å²) in [4.78, 5) is 24.9. The van der Waals surface area contributed by atoms with E-state index in [4.69, 9.17) is 5.73 Å². The van der Waals surface area contributed by atoms with Crippen LogP contribution in [-0.4, -0.2) is 17.9 Å². The van der Waals surface area contributed by atoms with E-state index in [1.54, 1.807) is 24.3 Å². The van der Waals surface area contributed by atoms with Gasteiger partial charge in [-0.25, -0.2) is 0 Å². The fourth-order valence-electron chi connectivity index (χ4n) is 3.69. The molecule has 26 heavy (non-hydrogen) atoms. The Bertz CT molecular complexity index is 937. The molecule has 1 aliphatic carbocycles. The summed E-state index contributed by atoms with van der Waals surface area (Å²) in [6.07, 6.45) is 0. The Morgan fingerprint density at radius 3 is 1.81 bits per heavy atom. The summed E-state index contributed by atoms with van der Waals surface area (Å²) in [6, 6.07) is 23.9. The lowest BCUT2D eigenvalue weighted by Crippen LogP contribution is -2.48. The van der Waals surface area contributed by atoms with E-state index in [1.165, 1.54) is 0 Å². The zero-order chi connectivity index (χ0) is 18.1. The average molecular weight is 342 g/mol. The molecule has 4 heteroatoms. The van der Waals surface area contributed by atoms with Crippen molar-refractivity contribution in [3.05, 3.63) is 95.6 Å². The highest BCUT2D eigenvalue weighted by molar-refractivity contribution is 5.98. The maximum atomic E-state index is 12.6. The molecule has 3 aromatic rings. The van der Waals surface area contributed by atoms with Gasteiger partial charge in [0.25, 0.3) is 5.91 Å². The topological polar surface area (TPSA) is 72.2 Å². The molecule has 0 saturated carbocycles. The molecule has 0 aromatic heterocycles. The zero-order valence-electron chi connectivity index (χ0n) is 14.1. The molecule has 4 rings (SSSR count). The number of nitrogens with one attached hydrogen (secondary N) is 1. The van der Waals surface area contributed by atoms with Crippen LogP contribution in [0.4, 0.5) is 0 Å². The van der Waals surface area contributed by atoms with E-state index in [9.17, 15) is 9.59 Å². The molecule has 3 N–H and O–H groups in total. The second kappa shape index (κ2) is 6.48. The molecule has 3 aromatic carbocycles. The molecule has 0 saturated heterocycles. The van der Waals surface area contributed by atoms with Crippen molar-refractivity contribution in [2.45, 2.75) is 12.0 Å². The third-order valence-corrected chi connectivity index (χ3v) is 4.84. The number of carbonyl (C=O) groups excluding carboxylic acids is 2. The molecule has 0 bridgehead atoms. The standard InChI is InChI=1S/C22H18N2O2/c23-21(25)20(24-22(26)14-8-2-1-3-9-14)19-17-12-6-4-10-15(17)16-11-5-7-13-18(16)19/h1-13,19-20H,(H2,23,25)(H,24,26)/t20-/m0/s1. The minimum Gasteiger partial charge on any atom is -0.368 e. The number of rotatable bonds is 4. The summed E-state index contributed by atoms with van der Waals surface area (Å²) in [5.74, 6) is -1.16. The van der Waals surface area contributed by atoms with Gasteiger partial charge < -0.3 is 11.1 Å². The van der Waals surface area contributed by atoms with E-state index in [-0.39, 0.29) is 11.8 Å². The van der Waals surface area contributed by atoms with Gasteiger partial charge in [-0.1, -0.05) is 66.7 Å². The fraction of sp³-hybridized carbons (Fsp3) is 0.0909. The number of nitrogens with two attached hydrogens (primary N) is 1. The highest BCUT2D eigenvalue weighted by Gasteiger charge is 2.37. The summed E-state index contributed by atoms with van der Waals surface area (Å²) < 4.78 is 0. The summed E-state index contributed by atoms with van der Waals surface area (Å²) in [5.41, 5.74) is 10.4. The molecule has 0 aliphatic heterocycles. The number of hydrogen-bond acceptors (Lipinski definition) is 2. The van der Waals surface area contributed by atoms with Gasteiger partial charge in [0.2, 0.25) is 5.91 Å². The van der Waals surface area contributed by atoms with Crippen molar-refractivity contribution in [3.8, 4) is 11.1 Å². The molecule has 0 spiro atoms. The smallest absolute Gasteiger partial charge is 0.251 e. The Labute approximate surface area is 151 Å². The molecule has 0 radical (unpaired) electrons. The Morgan fingerprint density at radius 1 is 0.769 bits per heavy atom. The van der Waals surface area contributed by atoms with Gasteiger partial charge in [-0.15, -0.1) is 0 Å². The number of amides is 2. The van der Waals surface area contributed by atoms with E-state index < -0.39 is 11.9 Å². The van der Waals surface area contributed by atoms with Crippen LogP contribution >= 0.6 is 0 Å². The van der Waals surface area contributed by atoms with E-state index in [1.807, 2.05) is 54.6 Å². The van der Waals surface area contributed by atoms with Gasteiger partial charge in [-0.05, 0) is 34.4 Å². The van der Waals surface area contributed by atoms with E-state index in [0.717, 1.165) is 22.3 Å². The van der Waals surface area contributed by atoms with Crippen molar-refractivity contribution in [3.63, 3.8) is 0 Å². The minimum atomic E-state index is -0.826. The second-order valence-corrected chi connectivity index (χ2v) is 6.37. The van der Waals surface area contributed by atoms with E-state index in [0.29, 0.717) is 5.56 Å². The third kappa shape index (κ3) is 2.65. The van der Waals surface area contributed by atoms with Crippen LogP contribution in [0, 0.1) is 0 Å². The van der Waals surface area contributed by atoms with Gasteiger partial charge in [0.15, 0.2) is 0 Å². The maximum absolute atomic E-state index is 12.6. The molecule has 2 amide bonds. The first-order valence-corrected chi connectivity index (χ1v) is 8.50. The van der Waals surface area contributed by atoms with Crippen LogP contribution in [0.15, 0.2) is 78.9 Å². The number of benzene rings is 3. The van der Waals surface area contributed by atoms with Crippen molar-refractivity contribution in [2.24, 2.45) is 5.73 Å². The summed E-state index contributed by atoms with van der Waals surface area (Å²) in [6.45, 7) is 0. The first kappa shape index (κ1) is 16.1. The summed E-state index contributed by atoms with van der Waals surface area (Å²) >= 11 is 0. The monoisotopic (exact) mass is 342 g/mol. The van der Waals surface area contributed by atoms with Crippen LogP contribution in [0.2, 0.25) is 0 Å². The van der Waals surface area contributed by atoms with E-state index >= 15 is 0 Å². The normalized spacial score (nSPS) is 13.5. The number of hydrogen-bond donors (Lipinski definition) is 2. The van der Waals surface area contributed by atoms with Crippen LogP contribution in [0.25, 0.3) is 11.1 Å². The largest absolute Gasteiger partial charge is 0.368 e. The van der Waals surface area contributed by atoms with Crippen molar-refractivity contribution >= 4 is 11.8 Å². The summed E-state index contributed by atoms with van der Waals surface area (Å²) in [5, 5.41) is 2.84. The van der Waals surface area contributed by atoms with Crippen LogP contribution in [0.5, 0.6) is 0 Å². The molecular weight excluding hydrogens is 324 g/mol. The highest BCUT2D eigenvalue weighted by atomic mass is 16.2. The van der Waals surface area contributed by atoms with Gasteiger partial charge in [-0.3, -0.25) is 9.59 Å². The number of carbonyl (C=O) groups is 2. The Morgan fingerprint density at radius 2 is 1.27 bits per heavy atom. The van der Waals surface area contributed by atoms with Crippen LogP contribution in [0.3, 0.4) is 0 Å². The molecular formula is C22H18N2O2. The van der Waals surface area contributed by atoms with Crippen LogP contribution in [-0.2, 0) is 4.79 Å². The van der Waals surface area contributed by atoms with Gasteiger partial charge in [-0.2, -0.15) is 0 Å². The van der Waals surface area contributed by atoms with Crippen molar-refractivity contribution in [1.29, 1.82) is 0 Å². The van der Waals surface area contributed by atoms with Crippen molar-refractivity contribution in [2.75, 3.05) is 0 Å². The predicted octanol–water partition coefficient (Wildman–Crippen LogP) is 3.08. The predicted molar refractivity (Wildman–Crippen MR) is 101 cm³/mol. The highest BCUT2D eigenvalue weighted by Crippen LogP contribution is 2.46. The Balaban J connectivity index is 1.76. The van der Waals surface area contributed by atoms with Gasteiger partial charge in [0.05, 0.1) is 0 Å². The molecule has 4 nitrogen and oxygen atoms in total. The maximum Gasteiger partial charge on any atom is 0.251 e. The van der Waals surface area contributed by atoms with Crippen LogP contribution in [0.1, 0.15) is 27.4 Å². The molecule has 0 fully saturated rings. The van der Waals surface area contributed by atoms with Crippen molar-refractivity contribution < 1.29 is 9.59 Å². The molecule has 1 atom stereocenters. The van der Waals surface area contributed by atoms with Crippen molar-refractivity contribution in [1.82, 2.24) is 5.32 Å². The lowest BCUT2D eigenvalue weighted by Gasteiger charge is -2.24. The SMILES string of the molecule is NC(=O)[C@@H](NC(=O)c1ccccc1)C1c2ccccc2-c2ccccc21. The molecule has 1 aliphatic rings.